The van der Waals surface area contributed by atoms with Crippen molar-refractivity contribution in [1.82, 2.24) is 10.6 Å². The van der Waals surface area contributed by atoms with Gasteiger partial charge in [-0.15, -0.1) is 0 Å². The molecule has 0 spiro atoms. The van der Waals surface area contributed by atoms with E-state index in [2.05, 4.69) is 41.0 Å². The normalized spacial score (nSPS) is 40.3. The molecular weight excluding hydrogens is 296 g/mol. The molecule has 128 valence electrons. The molecule has 3 nitrogen and oxygen atoms in total. The average molecular weight is 324 g/mol. The number of benzene rings is 1. The third-order valence-corrected chi connectivity index (χ3v) is 7.71. The van der Waals surface area contributed by atoms with E-state index in [-0.39, 0.29) is 0 Å². The van der Waals surface area contributed by atoms with Crippen molar-refractivity contribution in [3.63, 3.8) is 0 Å². The lowest BCUT2D eigenvalue weighted by molar-refractivity contribution is -0.124. The number of amides is 1. The smallest absolute Gasteiger partial charge is 0.220 e. The van der Waals surface area contributed by atoms with Gasteiger partial charge in [0.2, 0.25) is 5.91 Å². The molecule has 4 atom stereocenters. The van der Waals surface area contributed by atoms with Crippen LogP contribution in [0.15, 0.2) is 30.3 Å². The van der Waals surface area contributed by atoms with Gasteiger partial charge in [-0.05, 0) is 79.8 Å². The summed E-state index contributed by atoms with van der Waals surface area (Å²) in [6, 6.07) is 11.5. The van der Waals surface area contributed by atoms with E-state index in [0.29, 0.717) is 22.8 Å². The lowest BCUT2D eigenvalue weighted by atomic mass is 9.74. The van der Waals surface area contributed by atoms with Crippen molar-refractivity contribution in [3.05, 3.63) is 35.9 Å². The minimum Gasteiger partial charge on any atom is -0.353 e. The van der Waals surface area contributed by atoms with Crippen LogP contribution in [0.5, 0.6) is 0 Å². The minimum atomic E-state index is 0.303. The van der Waals surface area contributed by atoms with Crippen LogP contribution in [-0.2, 0) is 10.2 Å². The Morgan fingerprint density at radius 2 is 1.92 bits per heavy atom. The van der Waals surface area contributed by atoms with Gasteiger partial charge in [0.05, 0.1) is 0 Å². The molecular formula is C21H28N2O. The average Bonchev–Trinajstić information content (AvgIpc) is 3.28. The highest BCUT2D eigenvalue weighted by molar-refractivity contribution is 5.77. The van der Waals surface area contributed by atoms with E-state index in [0.717, 1.165) is 44.2 Å². The largest absolute Gasteiger partial charge is 0.353 e. The summed E-state index contributed by atoms with van der Waals surface area (Å²) in [7, 11) is 0. The molecule has 24 heavy (non-hydrogen) atoms. The Morgan fingerprint density at radius 3 is 2.62 bits per heavy atom. The highest BCUT2D eigenvalue weighted by Crippen LogP contribution is 2.77. The summed E-state index contributed by atoms with van der Waals surface area (Å²) in [6.45, 7) is 2.08. The van der Waals surface area contributed by atoms with Gasteiger partial charge in [-0.3, -0.25) is 4.79 Å². The van der Waals surface area contributed by atoms with Crippen molar-refractivity contribution in [2.24, 2.45) is 17.3 Å². The molecule has 4 bridgehead atoms. The van der Waals surface area contributed by atoms with E-state index in [1.807, 2.05) is 0 Å². The van der Waals surface area contributed by atoms with Gasteiger partial charge in [0.1, 0.15) is 0 Å². The summed E-state index contributed by atoms with van der Waals surface area (Å²) < 4.78 is 0. The maximum atomic E-state index is 12.7. The number of piperidine rings is 1. The van der Waals surface area contributed by atoms with Crippen molar-refractivity contribution in [1.29, 1.82) is 0 Å². The first-order chi connectivity index (χ1) is 11.7. The quantitative estimate of drug-likeness (QED) is 0.894. The van der Waals surface area contributed by atoms with Crippen LogP contribution in [0, 0.1) is 17.3 Å². The number of nitrogens with one attached hydrogen (secondary N) is 2. The second-order valence-electron chi connectivity index (χ2n) is 8.87. The van der Waals surface area contributed by atoms with Crippen molar-refractivity contribution in [2.75, 3.05) is 13.1 Å². The fourth-order valence-electron chi connectivity index (χ4n) is 6.79. The molecule has 0 radical (unpaired) electrons. The first kappa shape index (κ1) is 14.9. The molecule has 5 aliphatic rings. The summed E-state index contributed by atoms with van der Waals surface area (Å²) in [5.74, 6) is 1.91. The fourth-order valence-corrected chi connectivity index (χ4v) is 6.79. The Morgan fingerprint density at radius 1 is 1.12 bits per heavy atom. The van der Waals surface area contributed by atoms with Gasteiger partial charge in [0.25, 0.3) is 0 Å². The van der Waals surface area contributed by atoms with Crippen LogP contribution in [0.2, 0.25) is 0 Å². The molecule has 4 aliphatic carbocycles. The van der Waals surface area contributed by atoms with Crippen molar-refractivity contribution >= 4 is 5.91 Å². The number of hydrogen-bond acceptors (Lipinski definition) is 2. The van der Waals surface area contributed by atoms with Crippen LogP contribution < -0.4 is 10.6 Å². The molecule has 1 aliphatic heterocycles. The lowest BCUT2D eigenvalue weighted by Crippen LogP contribution is -2.44. The van der Waals surface area contributed by atoms with Crippen LogP contribution >= 0.6 is 0 Å². The minimum absolute atomic E-state index is 0.303. The Bertz CT molecular complexity index is 638. The first-order valence-corrected chi connectivity index (χ1v) is 9.76. The van der Waals surface area contributed by atoms with Gasteiger partial charge in [0.15, 0.2) is 0 Å². The van der Waals surface area contributed by atoms with Crippen molar-refractivity contribution in [3.8, 4) is 0 Å². The Balaban J connectivity index is 1.31. The number of rotatable bonds is 4. The standard InChI is InChI=1S/C21H28N2O/c24-19(23-18-6-8-22-9-7-18)13-20-11-17-10-16(20)12-21(17,14-20)15-4-2-1-3-5-15/h1-5,16-18,22H,6-14H2,(H,23,24). The lowest BCUT2D eigenvalue weighted by Gasteiger charge is -2.31. The van der Waals surface area contributed by atoms with Crippen LogP contribution in [0.4, 0.5) is 0 Å². The van der Waals surface area contributed by atoms with Gasteiger partial charge < -0.3 is 10.6 Å². The molecule has 3 heteroatoms. The van der Waals surface area contributed by atoms with Crippen molar-refractivity contribution < 1.29 is 4.79 Å². The number of carbonyl (C=O) groups excluding carboxylic acids is 1. The first-order valence-electron chi connectivity index (χ1n) is 9.76. The molecule has 2 N–H and O–H groups in total. The highest BCUT2D eigenvalue weighted by atomic mass is 16.1. The van der Waals surface area contributed by atoms with Crippen LogP contribution in [-0.4, -0.2) is 25.0 Å². The molecule has 1 aromatic carbocycles. The fraction of sp³-hybridized carbons (Fsp3) is 0.667. The van der Waals surface area contributed by atoms with E-state index in [9.17, 15) is 4.79 Å². The van der Waals surface area contributed by atoms with Gasteiger partial charge in [0, 0.05) is 12.5 Å². The molecule has 0 aromatic heterocycles. The van der Waals surface area contributed by atoms with E-state index >= 15 is 0 Å². The molecule has 1 heterocycles. The predicted octanol–water partition coefficient (Wildman–Crippen LogP) is 3.00. The third kappa shape index (κ3) is 2.10. The zero-order valence-corrected chi connectivity index (χ0v) is 14.4. The highest BCUT2D eigenvalue weighted by Gasteiger charge is 2.70. The summed E-state index contributed by atoms with van der Waals surface area (Å²) >= 11 is 0. The Hall–Kier alpha value is -1.35. The molecule has 1 aromatic rings. The third-order valence-electron chi connectivity index (χ3n) is 7.71. The molecule has 6 rings (SSSR count). The number of hydrogen-bond donors (Lipinski definition) is 2. The predicted molar refractivity (Wildman–Crippen MR) is 94.7 cm³/mol. The van der Waals surface area contributed by atoms with E-state index in [4.69, 9.17) is 0 Å². The Kier molecular flexibility index (Phi) is 3.31. The summed E-state index contributed by atoms with van der Waals surface area (Å²) in [4.78, 5) is 12.7. The van der Waals surface area contributed by atoms with Crippen LogP contribution in [0.3, 0.4) is 0 Å². The maximum absolute atomic E-state index is 12.7. The molecule has 5 fully saturated rings. The van der Waals surface area contributed by atoms with E-state index < -0.39 is 0 Å². The van der Waals surface area contributed by atoms with Crippen LogP contribution in [0.25, 0.3) is 0 Å². The second-order valence-corrected chi connectivity index (χ2v) is 8.87. The van der Waals surface area contributed by atoms with Crippen LogP contribution in [0.1, 0.15) is 50.5 Å². The maximum Gasteiger partial charge on any atom is 0.220 e. The van der Waals surface area contributed by atoms with E-state index in [1.54, 1.807) is 0 Å². The van der Waals surface area contributed by atoms with Crippen molar-refractivity contribution in [2.45, 2.75) is 56.4 Å². The summed E-state index contributed by atoms with van der Waals surface area (Å²) in [5, 5.41) is 6.71. The topological polar surface area (TPSA) is 41.1 Å². The van der Waals surface area contributed by atoms with Gasteiger partial charge >= 0.3 is 0 Å². The monoisotopic (exact) mass is 324 g/mol. The van der Waals surface area contributed by atoms with Gasteiger partial charge in [-0.25, -0.2) is 0 Å². The van der Waals surface area contributed by atoms with Gasteiger partial charge in [-0.2, -0.15) is 0 Å². The SMILES string of the molecule is O=C(CC12CC3CC1CC3(c1ccccc1)C2)NC1CCNCC1. The molecule has 4 saturated carbocycles. The van der Waals surface area contributed by atoms with E-state index in [1.165, 1.54) is 31.2 Å². The number of carbonyl (C=O) groups is 1. The molecule has 1 saturated heterocycles. The zero-order chi connectivity index (χ0) is 16.2. The molecule has 1 amide bonds. The summed E-state index contributed by atoms with van der Waals surface area (Å²) in [5.41, 5.74) is 2.23. The molecule has 4 unspecified atom stereocenters. The second kappa shape index (κ2) is 5.32. The Labute approximate surface area is 144 Å². The zero-order valence-electron chi connectivity index (χ0n) is 14.4. The summed E-state index contributed by atoms with van der Waals surface area (Å²) in [6.07, 6.45) is 8.15. The van der Waals surface area contributed by atoms with Gasteiger partial charge in [-0.1, -0.05) is 30.3 Å².